The quantitative estimate of drug-likeness (QED) is 0.493. The molecule has 1 heterocycles. The van der Waals surface area contributed by atoms with Gasteiger partial charge in [-0.15, -0.1) is 11.8 Å². The monoisotopic (exact) mass is 278 g/mol. The van der Waals surface area contributed by atoms with E-state index in [2.05, 4.69) is 28.3 Å². The highest BCUT2D eigenvalue weighted by atomic mass is 32.2. The van der Waals surface area contributed by atoms with Crippen molar-refractivity contribution in [1.82, 2.24) is 10.3 Å². The molecule has 0 radical (unpaired) electrons. The minimum atomic E-state index is 0.521. The van der Waals surface area contributed by atoms with E-state index in [-0.39, 0.29) is 0 Å². The highest BCUT2D eigenvalue weighted by Crippen LogP contribution is 2.18. The topological polar surface area (TPSA) is 63.3 Å². The molecule has 3 N–H and O–H groups in total. The molecule has 0 spiro atoms. The van der Waals surface area contributed by atoms with Gasteiger partial charge in [-0.25, -0.2) is 9.98 Å². The molecule has 0 unspecified atom stereocenters. The van der Waals surface area contributed by atoms with Gasteiger partial charge in [-0.05, 0) is 36.3 Å². The van der Waals surface area contributed by atoms with Crippen molar-refractivity contribution in [2.75, 3.05) is 5.75 Å². The Balaban J connectivity index is 1.87. The summed E-state index contributed by atoms with van der Waals surface area (Å²) in [5, 5.41) is 4.35. The molecule has 19 heavy (non-hydrogen) atoms. The molecule has 2 rings (SSSR count). The number of rotatable bonds is 5. The van der Waals surface area contributed by atoms with E-state index in [1.165, 1.54) is 25.7 Å². The van der Waals surface area contributed by atoms with E-state index >= 15 is 0 Å². The van der Waals surface area contributed by atoms with Gasteiger partial charge in [0.1, 0.15) is 0 Å². The fourth-order valence-corrected chi connectivity index (χ4v) is 2.94. The summed E-state index contributed by atoms with van der Waals surface area (Å²) in [5.74, 6) is 1.60. The van der Waals surface area contributed by atoms with Crippen LogP contribution in [0, 0.1) is 0 Å². The number of hydrogen-bond donors (Lipinski definition) is 2. The normalized spacial score (nSPS) is 16.8. The maximum atomic E-state index is 5.92. The van der Waals surface area contributed by atoms with Crippen molar-refractivity contribution in [2.45, 2.75) is 50.2 Å². The summed E-state index contributed by atoms with van der Waals surface area (Å²) in [6.45, 7) is 2.74. The summed E-state index contributed by atoms with van der Waals surface area (Å²) in [6.07, 6.45) is 6.86. The van der Waals surface area contributed by atoms with Gasteiger partial charge >= 0.3 is 0 Å². The Hall–Kier alpha value is -1.23. The second kappa shape index (κ2) is 7.38. The van der Waals surface area contributed by atoms with Crippen LogP contribution in [0.1, 0.15) is 38.2 Å². The van der Waals surface area contributed by atoms with E-state index in [9.17, 15) is 0 Å². The van der Waals surface area contributed by atoms with Crippen molar-refractivity contribution in [1.29, 1.82) is 0 Å². The molecule has 1 aliphatic carbocycles. The third kappa shape index (κ3) is 4.74. The van der Waals surface area contributed by atoms with Crippen LogP contribution in [0.4, 0.5) is 0 Å². The summed E-state index contributed by atoms with van der Waals surface area (Å²) >= 11 is 1.74. The fourth-order valence-electron chi connectivity index (χ4n) is 2.28. The lowest BCUT2D eigenvalue weighted by Gasteiger charge is -2.12. The van der Waals surface area contributed by atoms with Crippen molar-refractivity contribution in [2.24, 2.45) is 10.7 Å². The van der Waals surface area contributed by atoms with Crippen LogP contribution in [0.25, 0.3) is 0 Å². The number of aromatic nitrogens is 1. The number of guanidine groups is 1. The second-order valence-corrected chi connectivity index (χ2v) is 6.05. The van der Waals surface area contributed by atoms with Crippen LogP contribution in [-0.4, -0.2) is 22.7 Å². The molecule has 1 aromatic heterocycles. The van der Waals surface area contributed by atoms with Crippen molar-refractivity contribution < 1.29 is 0 Å². The molecule has 4 nitrogen and oxygen atoms in total. The third-order valence-corrected chi connectivity index (χ3v) is 4.04. The number of aliphatic imine (C=N–C) groups is 1. The van der Waals surface area contributed by atoms with Gasteiger partial charge < -0.3 is 11.1 Å². The number of hydrogen-bond acceptors (Lipinski definition) is 3. The molecule has 0 amide bonds. The second-order valence-electron chi connectivity index (χ2n) is 4.76. The van der Waals surface area contributed by atoms with Crippen LogP contribution in [0.15, 0.2) is 28.3 Å². The first kappa shape index (κ1) is 14.2. The highest BCUT2D eigenvalue weighted by molar-refractivity contribution is 7.99. The van der Waals surface area contributed by atoms with E-state index in [4.69, 9.17) is 5.73 Å². The van der Waals surface area contributed by atoms with Crippen LogP contribution < -0.4 is 11.1 Å². The number of pyridine rings is 1. The summed E-state index contributed by atoms with van der Waals surface area (Å²) in [5.41, 5.74) is 7.07. The fraction of sp³-hybridized carbons (Fsp3) is 0.571. The Bertz CT molecular complexity index is 427. The average Bonchev–Trinajstić information content (AvgIpc) is 2.90. The molecule has 0 bridgehead atoms. The van der Waals surface area contributed by atoms with E-state index in [0.29, 0.717) is 18.5 Å². The van der Waals surface area contributed by atoms with Crippen LogP contribution >= 0.6 is 11.8 Å². The summed E-state index contributed by atoms with van der Waals surface area (Å²) < 4.78 is 0. The van der Waals surface area contributed by atoms with E-state index in [1.807, 2.05) is 12.3 Å². The first-order valence-corrected chi connectivity index (χ1v) is 7.90. The Kier molecular flexibility index (Phi) is 5.51. The molecule has 1 aromatic rings. The number of nitrogens with two attached hydrogens (primary N) is 1. The van der Waals surface area contributed by atoms with Crippen molar-refractivity contribution in [3.05, 3.63) is 23.9 Å². The standard InChI is InChI=1S/C14H22N4S/c1-2-19-13-9-11(7-8-16-13)10-17-14(15)18-12-5-3-4-6-12/h7-9,12H,2-6,10H2,1H3,(H3,15,17,18). The Morgan fingerprint density at radius 3 is 3.05 bits per heavy atom. The molecular formula is C14H22N4S. The minimum Gasteiger partial charge on any atom is -0.370 e. The smallest absolute Gasteiger partial charge is 0.189 e. The van der Waals surface area contributed by atoms with Crippen LogP contribution in [0.2, 0.25) is 0 Å². The van der Waals surface area contributed by atoms with Gasteiger partial charge in [0.05, 0.1) is 11.6 Å². The third-order valence-electron chi connectivity index (χ3n) is 3.23. The van der Waals surface area contributed by atoms with Crippen LogP contribution in [0.3, 0.4) is 0 Å². The number of thioether (sulfide) groups is 1. The lowest BCUT2D eigenvalue weighted by molar-refractivity contribution is 0.625. The zero-order valence-corrected chi connectivity index (χ0v) is 12.2. The largest absolute Gasteiger partial charge is 0.370 e. The lowest BCUT2D eigenvalue weighted by atomic mass is 10.2. The van der Waals surface area contributed by atoms with Gasteiger partial charge in [0, 0.05) is 12.2 Å². The van der Waals surface area contributed by atoms with Crippen molar-refractivity contribution in [3.63, 3.8) is 0 Å². The Morgan fingerprint density at radius 2 is 2.32 bits per heavy atom. The molecular weight excluding hydrogens is 256 g/mol. The molecule has 104 valence electrons. The summed E-state index contributed by atoms with van der Waals surface area (Å²) in [4.78, 5) is 8.71. The molecule has 0 aliphatic heterocycles. The molecule has 1 aliphatic rings. The number of nitrogens with one attached hydrogen (secondary N) is 1. The number of nitrogens with zero attached hydrogens (tertiary/aromatic N) is 2. The maximum Gasteiger partial charge on any atom is 0.189 e. The molecule has 0 atom stereocenters. The summed E-state index contributed by atoms with van der Waals surface area (Å²) in [7, 11) is 0. The van der Waals surface area contributed by atoms with Gasteiger partial charge in [0.2, 0.25) is 0 Å². The molecule has 0 saturated heterocycles. The Labute approximate surface area is 119 Å². The molecule has 5 heteroatoms. The predicted molar refractivity (Wildman–Crippen MR) is 81.4 cm³/mol. The minimum absolute atomic E-state index is 0.521. The molecule has 0 aromatic carbocycles. The van der Waals surface area contributed by atoms with Gasteiger partial charge in [-0.3, -0.25) is 0 Å². The Morgan fingerprint density at radius 1 is 1.53 bits per heavy atom. The highest BCUT2D eigenvalue weighted by Gasteiger charge is 2.14. The van der Waals surface area contributed by atoms with Crippen molar-refractivity contribution in [3.8, 4) is 0 Å². The molecule has 1 saturated carbocycles. The zero-order chi connectivity index (χ0) is 13.5. The molecule has 1 fully saturated rings. The predicted octanol–water partition coefficient (Wildman–Crippen LogP) is 2.54. The van der Waals surface area contributed by atoms with Gasteiger partial charge in [0.15, 0.2) is 5.96 Å². The zero-order valence-electron chi connectivity index (χ0n) is 11.4. The lowest BCUT2D eigenvalue weighted by Crippen LogP contribution is -2.38. The first-order chi connectivity index (χ1) is 9.28. The van der Waals surface area contributed by atoms with E-state index < -0.39 is 0 Å². The van der Waals surface area contributed by atoms with Crippen LogP contribution in [-0.2, 0) is 6.54 Å². The average molecular weight is 278 g/mol. The van der Waals surface area contributed by atoms with Gasteiger partial charge in [-0.1, -0.05) is 19.8 Å². The van der Waals surface area contributed by atoms with Crippen LogP contribution in [0.5, 0.6) is 0 Å². The summed E-state index contributed by atoms with van der Waals surface area (Å²) in [6, 6.07) is 4.60. The van der Waals surface area contributed by atoms with Gasteiger partial charge in [0.25, 0.3) is 0 Å². The first-order valence-electron chi connectivity index (χ1n) is 6.92. The van der Waals surface area contributed by atoms with Crippen molar-refractivity contribution >= 4 is 17.7 Å². The maximum absolute atomic E-state index is 5.92. The SMILES string of the molecule is CCSc1cc(CN=C(N)NC2CCCC2)ccn1. The van der Waals surface area contributed by atoms with E-state index in [1.54, 1.807) is 11.8 Å². The van der Waals surface area contributed by atoms with E-state index in [0.717, 1.165) is 16.3 Å². The van der Waals surface area contributed by atoms with Gasteiger partial charge in [-0.2, -0.15) is 0 Å².